The molecule has 1 heterocycles. The van der Waals surface area contributed by atoms with Crippen LogP contribution in [-0.2, 0) is 11.8 Å². The van der Waals surface area contributed by atoms with Gasteiger partial charge in [-0.05, 0) is 36.6 Å². The monoisotopic (exact) mass is 231 g/mol. The molecule has 88 valence electrons. The standard InChI is InChI=1S/C13H13NO3/c1-8-6-10-7-9(13(16)17-3)4-5-11(10)12(15)14(8)2/h4-7H,1-3H3. The highest BCUT2D eigenvalue weighted by Crippen LogP contribution is 2.14. The molecule has 0 fully saturated rings. The number of aromatic nitrogens is 1. The molecule has 0 saturated heterocycles. The van der Waals surface area contributed by atoms with Gasteiger partial charge in [-0.25, -0.2) is 4.79 Å². The maximum atomic E-state index is 11.9. The van der Waals surface area contributed by atoms with Crippen LogP contribution in [0, 0.1) is 6.92 Å². The molecule has 1 aromatic heterocycles. The van der Waals surface area contributed by atoms with E-state index in [0.29, 0.717) is 10.9 Å². The largest absolute Gasteiger partial charge is 0.465 e. The lowest BCUT2D eigenvalue weighted by molar-refractivity contribution is 0.0601. The van der Waals surface area contributed by atoms with Crippen molar-refractivity contribution in [3.8, 4) is 0 Å². The zero-order valence-electron chi connectivity index (χ0n) is 9.98. The molecule has 0 aliphatic heterocycles. The molecule has 0 radical (unpaired) electrons. The van der Waals surface area contributed by atoms with Crippen LogP contribution in [0.3, 0.4) is 0 Å². The van der Waals surface area contributed by atoms with Crippen LogP contribution in [0.2, 0.25) is 0 Å². The van der Waals surface area contributed by atoms with Gasteiger partial charge < -0.3 is 9.30 Å². The van der Waals surface area contributed by atoms with Crippen LogP contribution < -0.4 is 5.56 Å². The van der Waals surface area contributed by atoms with Gasteiger partial charge in [-0.15, -0.1) is 0 Å². The summed E-state index contributed by atoms with van der Waals surface area (Å²) in [5.41, 5.74) is 1.24. The van der Waals surface area contributed by atoms with E-state index in [1.54, 1.807) is 29.8 Å². The van der Waals surface area contributed by atoms with Gasteiger partial charge in [0.15, 0.2) is 0 Å². The zero-order chi connectivity index (χ0) is 12.6. The normalized spacial score (nSPS) is 10.5. The number of hydrogen-bond donors (Lipinski definition) is 0. The molecule has 0 aliphatic rings. The lowest BCUT2D eigenvalue weighted by atomic mass is 10.1. The van der Waals surface area contributed by atoms with Crippen molar-refractivity contribution in [2.75, 3.05) is 7.11 Å². The molecular weight excluding hydrogens is 218 g/mol. The second kappa shape index (κ2) is 4.05. The van der Waals surface area contributed by atoms with E-state index >= 15 is 0 Å². The van der Waals surface area contributed by atoms with Crippen molar-refractivity contribution in [2.24, 2.45) is 7.05 Å². The topological polar surface area (TPSA) is 48.3 Å². The van der Waals surface area contributed by atoms with Crippen LogP contribution in [0.15, 0.2) is 29.1 Å². The second-order valence-corrected chi connectivity index (χ2v) is 3.94. The van der Waals surface area contributed by atoms with Crippen molar-refractivity contribution in [1.82, 2.24) is 4.57 Å². The van der Waals surface area contributed by atoms with E-state index in [1.165, 1.54) is 7.11 Å². The van der Waals surface area contributed by atoms with Gasteiger partial charge in [0.25, 0.3) is 5.56 Å². The molecule has 4 nitrogen and oxygen atoms in total. The van der Waals surface area contributed by atoms with E-state index in [-0.39, 0.29) is 5.56 Å². The summed E-state index contributed by atoms with van der Waals surface area (Å²) >= 11 is 0. The number of methoxy groups -OCH3 is 1. The smallest absolute Gasteiger partial charge is 0.337 e. The maximum Gasteiger partial charge on any atom is 0.337 e. The predicted octanol–water partition coefficient (Wildman–Crippen LogP) is 1.63. The van der Waals surface area contributed by atoms with Crippen LogP contribution in [0.1, 0.15) is 16.1 Å². The number of carbonyl (C=O) groups excluding carboxylic acids is 1. The number of aryl methyl sites for hydroxylation is 1. The van der Waals surface area contributed by atoms with E-state index in [1.807, 2.05) is 13.0 Å². The van der Waals surface area contributed by atoms with Crippen molar-refractivity contribution in [3.63, 3.8) is 0 Å². The number of nitrogens with zero attached hydrogens (tertiary/aromatic N) is 1. The Morgan fingerprint density at radius 3 is 2.65 bits per heavy atom. The highest BCUT2D eigenvalue weighted by atomic mass is 16.5. The van der Waals surface area contributed by atoms with Crippen LogP contribution in [0.5, 0.6) is 0 Å². The van der Waals surface area contributed by atoms with Crippen molar-refractivity contribution < 1.29 is 9.53 Å². The summed E-state index contributed by atoms with van der Waals surface area (Å²) in [6, 6.07) is 6.81. The predicted molar refractivity (Wildman–Crippen MR) is 65.3 cm³/mol. The molecule has 0 saturated carbocycles. The summed E-state index contributed by atoms with van der Waals surface area (Å²) in [4.78, 5) is 23.3. The van der Waals surface area contributed by atoms with Crippen molar-refractivity contribution >= 4 is 16.7 Å². The summed E-state index contributed by atoms with van der Waals surface area (Å²) in [5, 5.41) is 1.36. The number of carbonyl (C=O) groups is 1. The SMILES string of the molecule is COC(=O)c1ccc2c(=O)n(C)c(C)cc2c1. The number of rotatable bonds is 1. The minimum absolute atomic E-state index is 0.0589. The maximum absolute atomic E-state index is 11.9. The third kappa shape index (κ3) is 1.82. The summed E-state index contributed by atoms with van der Waals surface area (Å²) in [6.45, 7) is 1.85. The Morgan fingerprint density at radius 1 is 1.29 bits per heavy atom. The van der Waals surface area contributed by atoms with Gasteiger partial charge in [0.05, 0.1) is 12.7 Å². The molecule has 0 amide bonds. The minimum atomic E-state index is -0.398. The summed E-state index contributed by atoms with van der Waals surface area (Å²) in [5.74, 6) is -0.398. The molecule has 0 bridgehead atoms. The first-order chi connectivity index (χ1) is 8.04. The van der Waals surface area contributed by atoms with Gasteiger partial charge in [0, 0.05) is 18.1 Å². The van der Waals surface area contributed by atoms with Gasteiger partial charge in [0.2, 0.25) is 0 Å². The molecular formula is C13H13NO3. The van der Waals surface area contributed by atoms with Gasteiger partial charge in [0.1, 0.15) is 0 Å². The number of ether oxygens (including phenoxy) is 1. The van der Waals surface area contributed by atoms with E-state index in [2.05, 4.69) is 4.74 Å². The van der Waals surface area contributed by atoms with Crippen molar-refractivity contribution in [1.29, 1.82) is 0 Å². The fraction of sp³-hybridized carbons (Fsp3) is 0.231. The van der Waals surface area contributed by atoms with E-state index in [4.69, 9.17) is 0 Å². The van der Waals surface area contributed by atoms with Crippen molar-refractivity contribution in [3.05, 3.63) is 45.9 Å². The quantitative estimate of drug-likeness (QED) is 0.701. The molecule has 2 aromatic rings. The number of benzene rings is 1. The number of fused-ring (bicyclic) bond motifs is 1. The Morgan fingerprint density at radius 2 is 2.00 bits per heavy atom. The molecule has 1 aromatic carbocycles. The first-order valence-corrected chi connectivity index (χ1v) is 5.23. The van der Waals surface area contributed by atoms with Crippen LogP contribution in [-0.4, -0.2) is 17.6 Å². The molecule has 0 atom stereocenters. The third-order valence-corrected chi connectivity index (χ3v) is 2.90. The first-order valence-electron chi connectivity index (χ1n) is 5.23. The van der Waals surface area contributed by atoms with Crippen molar-refractivity contribution in [2.45, 2.75) is 6.92 Å². The average molecular weight is 231 g/mol. The van der Waals surface area contributed by atoms with Gasteiger partial charge in [-0.1, -0.05) is 0 Å². The lowest BCUT2D eigenvalue weighted by Crippen LogP contribution is -2.18. The third-order valence-electron chi connectivity index (χ3n) is 2.90. The molecule has 17 heavy (non-hydrogen) atoms. The Bertz CT molecular complexity index is 655. The fourth-order valence-corrected chi connectivity index (χ4v) is 1.78. The van der Waals surface area contributed by atoms with Gasteiger partial charge in [-0.3, -0.25) is 4.79 Å². The molecule has 0 spiro atoms. The number of hydrogen-bond acceptors (Lipinski definition) is 3. The minimum Gasteiger partial charge on any atom is -0.465 e. The van der Waals surface area contributed by atoms with Gasteiger partial charge >= 0.3 is 5.97 Å². The first kappa shape index (κ1) is 11.4. The van der Waals surface area contributed by atoms with Gasteiger partial charge in [-0.2, -0.15) is 0 Å². The average Bonchev–Trinajstić information content (AvgIpc) is 2.34. The molecule has 0 N–H and O–H groups in total. The molecule has 2 rings (SSSR count). The Labute approximate surface area is 98.4 Å². The Kier molecular flexibility index (Phi) is 2.71. The summed E-state index contributed by atoms with van der Waals surface area (Å²) in [6.07, 6.45) is 0. The molecule has 4 heteroatoms. The molecule has 0 aliphatic carbocycles. The van der Waals surface area contributed by atoms with E-state index < -0.39 is 5.97 Å². The summed E-state index contributed by atoms with van der Waals surface area (Å²) in [7, 11) is 3.06. The fourth-order valence-electron chi connectivity index (χ4n) is 1.78. The second-order valence-electron chi connectivity index (χ2n) is 3.94. The lowest BCUT2D eigenvalue weighted by Gasteiger charge is -2.07. The van der Waals surface area contributed by atoms with Crippen LogP contribution in [0.25, 0.3) is 10.8 Å². The highest BCUT2D eigenvalue weighted by Gasteiger charge is 2.09. The number of pyridine rings is 1. The van der Waals surface area contributed by atoms with E-state index in [9.17, 15) is 9.59 Å². The van der Waals surface area contributed by atoms with E-state index in [0.717, 1.165) is 11.1 Å². The highest BCUT2D eigenvalue weighted by molar-refractivity contribution is 5.95. The molecule has 0 unspecified atom stereocenters. The van der Waals surface area contributed by atoms with Crippen LogP contribution >= 0.6 is 0 Å². The Hall–Kier alpha value is -2.10. The zero-order valence-corrected chi connectivity index (χ0v) is 9.98. The Balaban J connectivity index is 2.76. The number of esters is 1. The van der Waals surface area contributed by atoms with Crippen LogP contribution in [0.4, 0.5) is 0 Å². The summed E-state index contributed by atoms with van der Waals surface area (Å²) < 4.78 is 6.23.